The SMILES string of the molecule is Cc1noc(-c2cn(CCNC(=O)[C@@H]3CC(=O)N(C4CCCCC4)C3)nn2)n1. The first-order chi connectivity index (χ1) is 13.6. The van der Waals surface area contributed by atoms with Gasteiger partial charge in [0.2, 0.25) is 11.8 Å². The van der Waals surface area contributed by atoms with E-state index in [0.29, 0.717) is 49.5 Å². The number of hydrogen-bond acceptors (Lipinski definition) is 7. The lowest BCUT2D eigenvalue weighted by molar-refractivity contribution is -0.130. The number of aryl methyl sites for hydroxylation is 1. The number of nitrogens with zero attached hydrogens (tertiary/aromatic N) is 6. The van der Waals surface area contributed by atoms with Crippen LogP contribution in [0.25, 0.3) is 11.6 Å². The van der Waals surface area contributed by atoms with Gasteiger partial charge in [-0.25, -0.2) is 4.68 Å². The molecule has 1 saturated heterocycles. The molecule has 0 radical (unpaired) electrons. The van der Waals surface area contributed by atoms with E-state index in [1.165, 1.54) is 19.3 Å². The molecular formula is C18H25N7O3. The highest BCUT2D eigenvalue weighted by molar-refractivity contribution is 5.89. The number of aromatic nitrogens is 5. The van der Waals surface area contributed by atoms with Crippen molar-refractivity contribution in [1.82, 2.24) is 35.4 Å². The summed E-state index contributed by atoms with van der Waals surface area (Å²) in [6.07, 6.45) is 7.74. The topological polar surface area (TPSA) is 119 Å². The van der Waals surface area contributed by atoms with Crippen molar-refractivity contribution < 1.29 is 14.1 Å². The summed E-state index contributed by atoms with van der Waals surface area (Å²) in [7, 11) is 0. The predicted molar refractivity (Wildman–Crippen MR) is 97.8 cm³/mol. The highest BCUT2D eigenvalue weighted by Crippen LogP contribution is 2.28. The minimum Gasteiger partial charge on any atom is -0.354 e. The van der Waals surface area contributed by atoms with Gasteiger partial charge in [0.15, 0.2) is 11.5 Å². The molecule has 150 valence electrons. The van der Waals surface area contributed by atoms with Crippen molar-refractivity contribution in [3.05, 3.63) is 12.0 Å². The molecule has 4 rings (SSSR count). The summed E-state index contributed by atoms with van der Waals surface area (Å²) < 4.78 is 6.68. The van der Waals surface area contributed by atoms with Crippen molar-refractivity contribution in [3.63, 3.8) is 0 Å². The van der Waals surface area contributed by atoms with Crippen LogP contribution in [0.1, 0.15) is 44.3 Å². The van der Waals surface area contributed by atoms with Gasteiger partial charge in [-0.1, -0.05) is 29.6 Å². The largest absolute Gasteiger partial charge is 0.354 e. The number of hydrogen-bond donors (Lipinski definition) is 1. The first-order valence-electron chi connectivity index (χ1n) is 9.88. The van der Waals surface area contributed by atoms with E-state index in [4.69, 9.17) is 4.52 Å². The highest BCUT2D eigenvalue weighted by atomic mass is 16.5. The zero-order chi connectivity index (χ0) is 19.5. The summed E-state index contributed by atoms with van der Waals surface area (Å²) >= 11 is 0. The van der Waals surface area contributed by atoms with Crippen molar-refractivity contribution in [1.29, 1.82) is 0 Å². The Kier molecular flexibility index (Phi) is 5.36. The normalized spacial score (nSPS) is 20.7. The minimum absolute atomic E-state index is 0.0699. The molecule has 2 aromatic heterocycles. The lowest BCUT2D eigenvalue weighted by Crippen LogP contribution is -2.39. The second kappa shape index (κ2) is 8.07. The van der Waals surface area contributed by atoms with Crippen LogP contribution < -0.4 is 5.32 Å². The van der Waals surface area contributed by atoms with E-state index in [-0.39, 0.29) is 17.7 Å². The van der Waals surface area contributed by atoms with Crippen molar-refractivity contribution in [3.8, 4) is 11.6 Å². The van der Waals surface area contributed by atoms with Gasteiger partial charge in [-0.2, -0.15) is 4.98 Å². The molecule has 1 aliphatic heterocycles. The van der Waals surface area contributed by atoms with Crippen LogP contribution in [0.3, 0.4) is 0 Å². The highest BCUT2D eigenvalue weighted by Gasteiger charge is 2.37. The number of likely N-dealkylation sites (tertiary alicyclic amines) is 1. The van der Waals surface area contributed by atoms with E-state index in [2.05, 4.69) is 25.8 Å². The lowest BCUT2D eigenvalue weighted by Gasteiger charge is -2.31. The smallest absolute Gasteiger partial charge is 0.280 e. The third kappa shape index (κ3) is 4.05. The molecule has 1 aliphatic carbocycles. The van der Waals surface area contributed by atoms with Crippen LogP contribution in [-0.2, 0) is 16.1 Å². The van der Waals surface area contributed by atoms with Crippen LogP contribution in [-0.4, -0.2) is 61.0 Å². The molecule has 2 fully saturated rings. The Balaban J connectivity index is 1.25. The molecule has 10 nitrogen and oxygen atoms in total. The first kappa shape index (κ1) is 18.6. The molecule has 0 aromatic carbocycles. The van der Waals surface area contributed by atoms with Crippen LogP contribution >= 0.6 is 0 Å². The molecule has 2 aliphatic rings. The number of carbonyl (C=O) groups is 2. The molecule has 0 bridgehead atoms. The third-order valence-electron chi connectivity index (χ3n) is 5.47. The van der Waals surface area contributed by atoms with Gasteiger partial charge in [0, 0.05) is 25.6 Å². The van der Waals surface area contributed by atoms with E-state index in [1.807, 2.05) is 4.90 Å². The summed E-state index contributed by atoms with van der Waals surface area (Å²) in [4.78, 5) is 30.8. The fourth-order valence-electron chi connectivity index (χ4n) is 4.00. The van der Waals surface area contributed by atoms with E-state index in [0.717, 1.165) is 12.8 Å². The summed E-state index contributed by atoms with van der Waals surface area (Å²) in [6, 6.07) is 0.320. The van der Waals surface area contributed by atoms with Gasteiger partial charge in [-0.3, -0.25) is 9.59 Å². The lowest BCUT2D eigenvalue weighted by atomic mass is 9.94. The molecule has 2 amide bonds. The molecule has 0 spiro atoms. The van der Waals surface area contributed by atoms with Crippen molar-refractivity contribution in [2.75, 3.05) is 13.1 Å². The Morgan fingerprint density at radius 1 is 1.32 bits per heavy atom. The molecule has 1 N–H and O–H groups in total. The molecule has 1 saturated carbocycles. The van der Waals surface area contributed by atoms with Gasteiger partial charge in [-0.05, 0) is 19.8 Å². The fraction of sp³-hybridized carbons (Fsp3) is 0.667. The molecule has 10 heteroatoms. The molecule has 0 unspecified atom stereocenters. The van der Waals surface area contributed by atoms with Gasteiger partial charge < -0.3 is 14.7 Å². The Morgan fingerprint density at radius 3 is 2.89 bits per heavy atom. The van der Waals surface area contributed by atoms with Crippen LogP contribution in [0, 0.1) is 12.8 Å². The summed E-state index contributed by atoms with van der Waals surface area (Å²) in [5, 5.41) is 14.6. The fourth-order valence-corrected chi connectivity index (χ4v) is 4.00. The Hall–Kier alpha value is -2.78. The van der Waals surface area contributed by atoms with Gasteiger partial charge >= 0.3 is 0 Å². The molecule has 3 heterocycles. The van der Waals surface area contributed by atoms with Crippen molar-refractivity contribution in [2.24, 2.45) is 5.92 Å². The van der Waals surface area contributed by atoms with Crippen molar-refractivity contribution in [2.45, 2.75) is 58.0 Å². The molecule has 1 atom stereocenters. The zero-order valence-electron chi connectivity index (χ0n) is 16.0. The standard InChI is InChI=1S/C18H25N7O3/c1-12-20-18(28-22-12)15-11-24(23-21-15)8-7-19-17(27)13-9-16(26)25(10-13)14-5-3-2-4-6-14/h11,13-14H,2-10H2,1H3,(H,19,27)/t13-/m1/s1. The molecule has 28 heavy (non-hydrogen) atoms. The van der Waals surface area contributed by atoms with E-state index < -0.39 is 0 Å². The maximum absolute atomic E-state index is 12.5. The van der Waals surface area contributed by atoms with Crippen molar-refractivity contribution >= 4 is 11.8 Å². The molecule has 2 aromatic rings. The average molecular weight is 387 g/mol. The summed E-state index contributed by atoms with van der Waals surface area (Å²) in [6.45, 7) is 3.16. The van der Waals surface area contributed by atoms with Crippen LogP contribution in [0.4, 0.5) is 0 Å². The summed E-state index contributed by atoms with van der Waals surface area (Å²) in [5.41, 5.74) is 0.497. The zero-order valence-corrected chi connectivity index (χ0v) is 16.0. The van der Waals surface area contributed by atoms with E-state index in [9.17, 15) is 9.59 Å². The van der Waals surface area contributed by atoms with Crippen LogP contribution in [0.5, 0.6) is 0 Å². The second-order valence-electron chi connectivity index (χ2n) is 7.54. The number of rotatable bonds is 6. The van der Waals surface area contributed by atoms with Crippen LogP contribution in [0.15, 0.2) is 10.7 Å². The quantitative estimate of drug-likeness (QED) is 0.783. The van der Waals surface area contributed by atoms with E-state index >= 15 is 0 Å². The second-order valence-corrected chi connectivity index (χ2v) is 7.54. The number of carbonyl (C=O) groups excluding carboxylic acids is 2. The van der Waals surface area contributed by atoms with E-state index in [1.54, 1.807) is 17.8 Å². The number of amides is 2. The maximum Gasteiger partial charge on any atom is 0.280 e. The van der Waals surface area contributed by atoms with Crippen LogP contribution in [0.2, 0.25) is 0 Å². The monoisotopic (exact) mass is 387 g/mol. The number of nitrogens with one attached hydrogen (secondary N) is 1. The maximum atomic E-state index is 12.5. The third-order valence-corrected chi connectivity index (χ3v) is 5.47. The predicted octanol–water partition coefficient (Wildman–Crippen LogP) is 0.934. The Labute approximate surface area is 162 Å². The summed E-state index contributed by atoms with van der Waals surface area (Å²) in [5.74, 6) is 0.634. The van der Waals surface area contributed by atoms with Gasteiger partial charge in [0.25, 0.3) is 5.89 Å². The average Bonchev–Trinajstić information content (AvgIpc) is 3.42. The molecular weight excluding hydrogens is 362 g/mol. The first-order valence-corrected chi connectivity index (χ1v) is 9.88. The Bertz CT molecular complexity index is 840. The van der Waals surface area contributed by atoms with Gasteiger partial charge in [-0.15, -0.1) is 5.10 Å². The Morgan fingerprint density at radius 2 is 2.14 bits per heavy atom. The van der Waals surface area contributed by atoms with Gasteiger partial charge in [0.1, 0.15) is 0 Å². The minimum atomic E-state index is -0.262. The van der Waals surface area contributed by atoms with Gasteiger partial charge in [0.05, 0.1) is 18.7 Å².